The summed E-state index contributed by atoms with van der Waals surface area (Å²) >= 11 is 0. The number of hydrogen-bond donors (Lipinski definition) is 6. The van der Waals surface area contributed by atoms with Gasteiger partial charge in [0.2, 0.25) is 17.5 Å². The number of rotatable bonds is 19. The molecule has 1 saturated heterocycles. The van der Waals surface area contributed by atoms with Crippen molar-refractivity contribution in [2.45, 2.75) is 193 Å². The maximum atomic E-state index is 14.1. The predicted molar refractivity (Wildman–Crippen MR) is 285 cm³/mol. The topological polar surface area (TPSA) is 250 Å². The van der Waals surface area contributed by atoms with Gasteiger partial charge in [0, 0.05) is 61.6 Å². The Morgan fingerprint density at radius 1 is 0.935 bits per heavy atom. The average Bonchev–Trinajstić information content (AvgIpc) is 3.80. The average molecular weight is 1070 g/mol. The fraction of sp³-hybridized carbons (Fsp3) is 0.689. The van der Waals surface area contributed by atoms with Crippen molar-refractivity contribution in [3.8, 4) is 17.2 Å². The first-order chi connectivity index (χ1) is 36.6. The summed E-state index contributed by atoms with van der Waals surface area (Å²) < 4.78 is 29.2. The van der Waals surface area contributed by atoms with Gasteiger partial charge < -0.3 is 55.2 Å². The monoisotopic (exact) mass is 1070 g/mol. The Morgan fingerprint density at radius 3 is 2.44 bits per heavy atom. The van der Waals surface area contributed by atoms with Gasteiger partial charge in [-0.25, -0.2) is 0 Å². The Morgan fingerprint density at radius 2 is 1.70 bits per heavy atom. The van der Waals surface area contributed by atoms with E-state index in [0.29, 0.717) is 25.0 Å². The number of carbonyl (C=O) groups is 5. The van der Waals surface area contributed by atoms with Gasteiger partial charge in [-0.05, 0) is 117 Å². The highest BCUT2D eigenvalue weighted by Crippen LogP contribution is 2.67. The number of carbonyl (C=O) groups excluding carboxylic acids is 5. The van der Waals surface area contributed by atoms with Crippen LogP contribution in [0.25, 0.3) is 0 Å². The number of aliphatic hydroxyl groups excluding tert-OH is 1. The van der Waals surface area contributed by atoms with E-state index in [-0.39, 0.29) is 64.7 Å². The molecule has 6 aliphatic carbocycles. The van der Waals surface area contributed by atoms with E-state index in [4.69, 9.17) is 29.4 Å². The molecule has 14 atom stereocenters. The SMILES string of the molecule is COc1cccc2c1C(=O)c1c(O)c3c(c(O)c1C2=O)C[C@@](O)(C(=O)COC(=O)CCC(=O)NCCCO[C@H]1CC[C@@]2(C)C(=CC[C@H]4[C@@H]5CC[C@H]([C@H](C)CCCC(C)C)[C@@]5(C)CC[C@@H]42)C1)C[C@@H]3O[C@H]1C[C@H](N)[C@H](O)[C@H](C)O1. The fourth-order valence-electron chi connectivity index (χ4n) is 15.6. The van der Waals surface area contributed by atoms with Crippen LogP contribution in [0.15, 0.2) is 29.8 Å². The molecule has 0 bridgehead atoms. The van der Waals surface area contributed by atoms with Crippen LogP contribution >= 0.6 is 0 Å². The first kappa shape index (κ1) is 57.0. The van der Waals surface area contributed by atoms with Gasteiger partial charge in [0.1, 0.15) is 22.8 Å². The molecule has 2 aromatic carbocycles. The van der Waals surface area contributed by atoms with Gasteiger partial charge in [0.05, 0.1) is 54.6 Å². The Balaban J connectivity index is 0.749. The van der Waals surface area contributed by atoms with Crippen molar-refractivity contribution in [2.75, 3.05) is 26.9 Å². The summed E-state index contributed by atoms with van der Waals surface area (Å²) in [7, 11) is 1.32. The standard InChI is InChI=1S/C61H84N2O14/c1-32(2)11-8-12-33(3)40-17-18-41-37-16-15-35-27-36(21-23-59(35,5)42(37)22-24-60(40,41)6)74-26-10-25-63-47(65)19-20-48(66)75-31-46(64)61(72)29-39-51(45(30-61)77-49-28-43(62)54(67)34(4)76-49)58(71)53-52(56(39)69)55(68)38-13-9-14-44(73-7)50(38)57(53)70/h9,13-15,32-34,36-37,40-43,45,49,54,67,69,71-72H,8,10-12,16-31,62H2,1-7H3,(H,63,65)/t33-,34+,36+,37+,40-,41+,42+,43+,45+,49+,54-,59+,60-,61+/m1/s1. The molecule has 7 aliphatic rings. The van der Waals surface area contributed by atoms with E-state index in [9.17, 15) is 44.4 Å². The minimum Gasteiger partial charge on any atom is -0.507 e. The number of aromatic hydroxyl groups is 2. The third-order valence-corrected chi connectivity index (χ3v) is 19.8. The molecule has 0 spiro atoms. The van der Waals surface area contributed by atoms with Crippen LogP contribution < -0.4 is 15.8 Å². The van der Waals surface area contributed by atoms with Crippen LogP contribution in [0, 0.1) is 46.3 Å². The number of aliphatic hydroxyl groups is 2. The second-order valence-corrected chi connectivity index (χ2v) is 24.9. The molecule has 9 rings (SSSR count). The summed E-state index contributed by atoms with van der Waals surface area (Å²) in [6.45, 7) is 13.9. The lowest BCUT2D eigenvalue weighted by atomic mass is 9.47. The van der Waals surface area contributed by atoms with E-state index in [2.05, 4.69) is 46.0 Å². The molecule has 1 heterocycles. The van der Waals surface area contributed by atoms with Crippen molar-refractivity contribution in [1.29, 1.82) is 0 Å². The highest BCUT2D eigenvalue weighted by Gasteiger charge is 2.59. The molecule has 0 unspecified atom stereocenters. The molecule has 422 valence electrons. The van der Waals surface area contributed by atoms with Crippen LogP contribution in [0.1, 0.15) is 193 Å². The number of methoxy groups -OCH3 is 1. The summed E-state index contributed by atoms with van der Waals surface area (Å²) in [6.07, 6.45) is 11.0. The summed E-state index contributed by atoms with van der Waals surface area (Å²) in [4.78, 5) is 67.7. The van der Waals surface area contributed by atoms with Crippen molar-refractivity contribution in [2.24, 2.45) is 52.1 Å². The molecule has 0 aromatic heterocycles. The number of benzene rings is 2. The Labute approximate surface area is 453 Å². The fourth-order valence-corrected chi connectivity index (χ4v) is 15.6. The zero-order chi connectivity index (χ0) is 55.3. The Bertz CT molecular complexity index is 2620. The summed E-state index contributed by atoms with van der Waals surface area (Å²) in [6, 6.07) is 3.56. The van der Waals surface area contributed by atoms with Gasteiger partial charge >= 0.3 is 5.97 Å². The minimum atomic E-state index is -2.41. The second-order valence-electron chi connectivity index (χ2n) is 24.9. The van der Waals surface area contributed by atoms with Crippen LogP contribution in [-0.2, 0) is 39.8 Å². The molecule has 4 fully saturated rings. The lowest BCUT2D eigenvalue weighted by molar-refractivity contribution is -0.247. The first-order valence-corrected chi connectivity index (χ1v) is 28.7. The number of esters is 1. The van der Waals surface area contributed by atoms with Gasteiger partial charge in [-0.1, -0.05) is 77.7 Å². The molecule has 7 N–H and O–H groups in total. The summed E-state index contributed by atoms with van der Waals surface area (Å²) in [5.41, 5.74) is 4.41. The molecule has 0 radical (unpaired) electrons. The van der Waals surface area contributed by atoms with Crippen LogP contribution in [0.2, 0.25) is 0 Å². The highest BCUT2D eigenvalue weighted by atomic mass is 16.7. The van der Waals surface area contributed by atoms with E-state index in [1.165, 1.54) is 76.7 Å². The van der Waals surface area contributed by atoms with Crippen LogP contribution in [0.4, 0.5) is 0 Å². The number of nitrogens with two attached hydrogens (primary N) is 1. The lowest BCUT2D eigenvalue weighted by Crippen LogP contribution is -2.53. The van der Waals surface area contributed by atoms with Crippen LogP contribution in [-0.4, -0.2) is 113 Å². The molecule has 1 amide bonds. The third kappa shape index (κ3) is 10.9. The zero-order valence-electron chi connectivity index (χ0n) is 46.3. The first-order valence-electron chi connectivity index (χ1n) is 28.7. The molecule has 77 heavy (non-hydrogen) atoms. The number of phenolic OH excluding ortho intramolecular Hbond substituents is 2. The maximum Gasteiger partial charge on any atom is 0.306 e. The van der Waals surface area contributed by atoms with Gasteiger partial charge in [-0.3, -0.25) is 24.0 Å². The summed E-state index contributed by atoms with van der Waals surface area (Å²) in [5.74, 6) is -0.446. The Kier molecular flexibility index (Phi) is 16.9. The number of phenols is 2. The molecule has 16 heteroatoms. The van der Waals surface area contributed by atoms with Gasteiger partial charge in [0.25, 0.3) is 0 Å². The number of hydrogen-bond acceptors (Lipinski definition) is 15. The smallest absolute Gasteiger partial charge is 0.306 e. The Hall–Kier alpha value is -4.71. The molecule has 2 aromatic rings. The number of allylic oxidation sites excluding steroid dienone is 1. The van der Waals surface area contributed by atoms with Crippen LogP contribution in [0.3, 0.4) is 0 Å². The van der Waals surface area contributed by atoms with Crippen molar-refractivity contribution in [3.05, 3.63) is 63.2 Å². The lowest BCUT2D eigenvalue weighted by Gasteiger charge is -2.58. The minimum absolute atomic E-state index is 0.0411. The van der Waals surface area contributed by atoms with Crippen LogP contribution in [0.5, 0.6) is 17.2 Å². The van der Waals surface area contributed by atoms with E-state index >= 15 is 0 Å². The van der Waals surface area contributed by atoms with Crippen molar-refractivity contribution >= 4 is 29.2 Å². The van der Waals surface area contributed by atoms with Crippen molar-refractivity contribution in [1.82, 2.24) is 5.32 Å². The number of Topliss-reactive ketones (excluding diaryl/α,β-unsaturated/α-hetero) is 1. The summed E-state index contributed by atoms with van der Waals surface area (Å²) in [5, 5.41) is 49.1. The van der Waals surface area contributed by atoms with E-state index in [0.717, 1.165) is 54.8 Å². The predicted octanol–water partition coefficient (Wildman–Crippen LogP) is 8.27. The quantitative estimate of drug-likeness (QED) is 0.0286. The van der Waals surface area contributed by atoms with Gasteiger partial charge in [-0.2, -0.15) is 0 Å². The second kappa shape index (κ2) is 22.8. The van der Waals surface area contributed by atoms with Gasteiger partial charge in [0.15, 0.2) is 18.7 Å². The largest absolute Gasteiger partial charge is 0.507 e. The third-order valence-electron chi connectivity index (χ3n) is 19.8. The zero-order valence-corrected chi connectivity index (χ0v) is 46.3. The molecule has 16 nitrogen and oxygen atoms in total. The van der Waals surface area contributed by atoms with Crippen molar-refractivity contribution in [3.63, 3.8) is 0 Å². The number of fused-ring (bicyclic) bond motifs is 8. The highest BCUT2D eigenvalue weighted by molar-refractivity contribution is 6.31. The normalized spacial score (nSPS) is 33.6. The molecule has 1 aliphatic heterocycles. The molecular weight excluding hydrogens is 985 g/mol. The van der Waals surface area contributed by atoms with E-state index in [1.54, 1.807) is 12.5 Å². The number of ether oxygens (including phenoxy) is 5. The van der Waals surface area contributed by atoms with Crippen molar-refractivity contribution < 1.29 is 68.1 Å². The van der Waals surface area contributed by atoms with E-state index in [1.807, 2.05) is 0 Å². The maximum absolute atomic E-state index is 14.1. The molecule has 3 saturated carbocycles. The molecular formula is C61H84N2O14. The number of ketones is 3. The number of amides is 1. The van der Waals surface area contributed by atoms with E-state index < -0.39 is 102 Å². The van der Waals surface area contributed by atoms with Gasteiger partial charge in [-0.15, -0.1) is 0 Å². The number of nitrogens with one attached hydrogen (secondary N) is 1.